The van der Waals surface area contributed by atoms with Crippen LogP contribution in [0.25, 0.3) is 11.0 Å². The summed E-state index contributed by atoms with van der Waals surface area (Å²) in [5.41, 5.74) is 0.690. The van der Waals surface area contributed by atoms with Crippen molar-refractivity contribution >= 4 is 21.1 Å². The molecule has 0 aliphatic carbocycles. The lowest BCUT2D eigenvalue weighted by Crippen LogP contribution is -2.35. The number of fused-ring (bicyclic) bond motifs is 1. The van der Waals surface area contributed by atoms with Crippen LogP contribution in [-0.2, 0) is 10.0 Å². The molecule has 0 atom stereocenters. The minimum absolute atomic E-state index is 0.101. The van der Waals surface area contributed by atoms with E-state index in [-0.39, 0.29) is 10.4 Å². The Morgan fingerprint density at radius 3 is 2.55 bits per heavy atom. The van der Waals surface area contributed by atoms with Gasteiger partial charge in [0.25, 0.3) is 0 Å². The molecule has 22 heavy (non-hydrogen) atoms. The van der Waals surface area contributed by atoms with Crippen LogP contribution >= 0.6 is 0 Å². The minimum Gasteiger partial charge on any atom is -0.302 e. The summed E-state index contributed by atoms with van der Waals surface area (Å²) in [5.74, 6) is 0. The summed E-state index contributed by atoms with van der Waals surface area (Å²) < 4.78 is 32.0. The molecule has 0 saturated carbocycles. The lowest BCUT2D eigenvalue weighted by molar-refractivity contribution is 0.279. The summed E-state index contributed by atoms with van der Waals surface area (Å²) in [6.45, 7) is 7.23. The van der Waals surface area contributed by atoms with Crippen LogP contribution < -0.4 is 4.72 Å². The molecule has 0 fully saturated rings. The SMILES string of the molecule is CCCN(CCC)CCNS(=O)(=O)c1cccc2nonc12. The van der Waals surface area contributed by atoms with E-state index in [0.717, 1.165) is 25.9 Å². The first-order valence-corrected chi connectivity index (χ1v) is 9.00. The van der Waals surface area contributed by atoms with E-state index in [4.69, 9.17) is 0 Å². The Morgan fingerprint density at radius 2 is 1.86 bits per heavy atom. The number of hydrogen-bond acceptors (Lipinski definition) is 6. The Kier molecular flexibility index (Phi) is 5.87. The zero-order valence-electron chi connectivity index (χ0n) is 12.9. The molecule has 0 aliphatic rings. The van der Waals surface area contributed by atoms with Gasteiger partial charge >= 0.3 is 0 Å². The van der Waals surface area contributed by atoms with Crippen molar-refractivity contribution < 1.29 is 13.0 Å². The van der Waals surface area contributed by atoms with E-state index in [0.29, 0.717) is 18.6 Å². The summed E-state index contributed by atoms with van der Waals surface area (Å²) in [6, 6.07) is 4.79. The fourth-order valence-electron chi connectivity index (χ4n) is 2.38. The Morgan fingerprint density at radius 1 is 1.14 bits per heavy atom. The predicted molar refractivity (Wildman–Crippen MR) is 84.0 cm³/mol. The van der Waals surface area contributed by atoms with E-state index < -0.39 is 10.0 Å². The normalized spacial score (nSPS) is 12.3. The average Bonchev–Trinajstić information content (AvgIpc) is 2.95. The van der Waals surface area contributed by atoms with Gasteiger partial charge in [-0.15, -0.1) is 0 Å². The highest BCUT2D eigenvalue weighted by molar-refractivity contribution is 7.89. The van der Waals surface area contributed by atoms with E-state index in [1.165, 1.54) is 6.07 Å². The van der Waals surface area contributed by atoms with Gasteiger partial charge in [-0.1, -0.05) is 19.9 Å². The Balaban J connectivity index is 2.04. The molecule has 0 radical (unpaired) electrons. The van der Waals surface area contributed by atoms with Crippen LogP contribution in [0.5, 0.6) is 0 Å². The largest absolute Gasteiger partial charge is 0.302 e. The van der Waals surface area contributed by atoms with Crippen molar-refractivity contribution in [3.8, 4) is 0 Å². The predicted octanol–water partition coefficient (Wildman–Crippen LogP) is 1.62. The van der Waals surface area contributed by atoms with Crippen LogP contribution in [0.4, 0.5) is 0 Å². The molecular weight excluding hydrogens is 304 g/mol. The average molecular weight is 326 g/mol. The van der Waals surface area contributed by atoms with Crippen LogP contribution in [0.2, 0.25) is 0 Å². The van der Waals surface area contributed by atoms with E-state index >= 15 is 0 Å². The van der Waals surface area contributed by atoms with Gasteiger partial charge in [-0.05, 0) is 48.4 Å². The van der Waals surface area contributed by atoms with Gasteiger partial charge in [0.1, 0.15) is 10.4 Å². The Hall–Kier alpha value is -1.51. The second kappa shape index (κ2) is 7.66. The zero-order valence-corrected chi connectivity index (χ0v) is 13.8. The maximum atomic E-state index is 12.4. The molecule has 1 aromatic carbocycles. The first kappa shape index (κ1) is 16.9. The molecule has 2 aromatic rings. The van der Waals surface area contributed by atoms with Gasteiger partial charge in [0.15, 0.2) is 5.52 Å². The number of nitrogens with one attached hydrogen (secondary N) is 1. The molecule has 0 amide bonds. The monoisotopic (exact) mass is 326 g/mol. The van der Waals surface area contributed by atoms with Crippen molar-refractivity contribution in [2.75, 3.05) is 26.2 Å². The lowest BCUT2D eigenvalue weighted by Gasteiger charge is -2.20. The minimum atomic E-state index is -3.62. The topological polar surface area (TPSA) is 88.3 Å². The van der Waals surface area contributed by atoms with Gasteiger partial charge in [-0.2, -0.15) is 0 Å². The lowest BCUT2D eigenvalue weighted by atomic mass is 10.3. The highest BCUT2D eigenvalue weighted by Gasteiger charge is 2.20. The maximum absolute atomic E-state index is 12.4. The molecule has 8 heteroatoms. The second-order valence-corrected chi connectivity index (χ2v) is 6.86. The quantitative estimate of drug-likeness (QED) is 0.753. The number of nitrogens with zero attached hydrogens (tertiary/aromatic N) is 3. The van der Waals surface area contributed by atoms with Crippen LogP contribution in [0.15, 0.2) is 27.7 Å². The third-order valence-electron chi connectivity index (χ3n) is 3.34. The van der Waals surface area contributed by atoms with E-state index in [1.807, 2.05) is 0 Å². The summed E-state index contributed by atoms with van der Waals surface area (Å²) >= 11 is 0. The fourth-order valence-corrected chi connectivity index (χ4v) is 3.55. The maximum Gasteiger partial charge on any atom is 0.242 e. The molecule has 7 nitrogen and oxygen atoms in total. The van der Waals surface area contributed by atoms with Crippen molar-refractivity contribution in [3.63, 3.8) is 0 Å². The molecule has 0 unspecified atom stereocenters. The third kappa shape index (κ3) is 4.02. The van der Waals surface area contributed by atoms with Crippen LogP contribution in [-0.4, -0.2) is 49.8 Å². The number of benzene rings is 1. The highest BCUT2D eigenvalue weighted by Crippen LogP contribution is 2.19. The smallest absolute Gasteiger partial charge is 0.242 e. The first-order chi connectivity index (χ1) is 10.6. The summed E-state index contributed by atoms with van der Waals surface area (Å²) in [5, 5.41) is 7.33. The van der Waals surface area contributed by atoms with Crippen molar-refractivity contribution in [3.05, 3.63) is 18.2 Å². The molecule has 0 bridgehead atoms. The molecule has 2 rings (SSSR count). The second-order valence-electron chi connectivity index (χ2n) is 5.13. The molecule has 0 saturated heterocycles. The molecule has 1 heterocycles. The number of sulfonamides is 1. The highest BCUT2D eigenvalue weighted by atomic mass is 32.2. The van der Waals surface area contributed by atoms with Gasteiger partial charge in [0.05, 0.1) is 0 Å². The van der Waals surface area contributed by atoms with Crippen LogP contribution in [0, 0.1) is 0 Å². The van der Waals surface area contributed by atoms with E-state index in [1.54, 1.807) is 12.1 Å². The summed E-state index contributed by atoms with van der Waals surface area (Å²) in [4.78, 5) is 2.35. The van der Waals surface area contributed by atoms with Crippen molar-refractivity contribution in [1.29, 1.82) is 0 Å². The molecule has 1 N–H and O–H groups in total. The molecule has 0 spiro atoms. The number of aromatic nitrogens is 2. The van der Waals surface area contributed by atoms with Gasteiger partial charge in [-0.25, -0.2) is 17.8 Å². The van der Waals surface area contributed by atoms with Gasteiger partial charge in [-0.3, -0.25) is 0 Å². The van der Waals surface area contributed by atoms with Crippen molar-refractivity contribution in [1.82, 2.24) is 19.9 Å². The van der Waals surface area contributed by atoms with Gasteiger partial charge in [0, 0.05) is 13.1 Å². The number of hydrogen-bond donors (Lipinski definition) is 1. The molecule has 0 aliphatic heterocycles. The van der Waals surface area contributed by atoms with Crippen molar-refractivity contribution in [2.24, 2.45) is 0 Å². The Bertz CT molecular complexity index is 693. The fraction of sp³-hybridized carbons (Fsp3) is 0.571. The van der Waals surface area contributed by atoms with Crippen LogP contribution in [0.3, 0.4) is 0 Å². The van der Waals surface area contributed by atoms with Crippen LogP contribution in [0.1, 0.15) is 26.7 Å². The van der Waals surface area contributed by atoms with E-state index in [2.05, 4.69) is 38.4 Å². The van der Waals surface area contributed by atoms with Gasteiger partial charge in [0.2, 0.25) is 10.0 Å². The summed E-state index contributed by atoms with van der Waals surface area (Å²) in [6.07, 6.45) is 2.10. The molecule has 1 aromatic heterocycles. The molecular formula is C14H22N4O3S. The third-order valence-corrected chi connectivity index (χ3v) is 4.83. The Labute approximate surface area is 130 Å². The standard InChI is InChI=1S/C14H22N4O3S/c1-3-9-18(10-4-2)11-8-15-22(19,20)13-7-5-6-12-14(13)17-21-16-12/h5-7,15H,3-4,8-11H2,1-2H3. The van der Waals surface area contributed by atoms with E-state index in [9.17, 15) is 8.42 Å². The first-order valence-electron chi connectivity index (χ1n) is 7.51. The molecule has 122 valence electrons. The van der Waals surface area contributed by atoms with Crippen molar-refractivity contribution in [2.45, 2.75) is 31.6 Å². The van der Waals surface area contributed by atoms with Gasteiger partial charge < -0.3 is 4.90 Å². The number of rotatable bonds is 9. The summed E-state index contributed by atoms with van der Waals surface area (Å²) in [7, 11) is -3.62. The zero-order chi connectivity index (χ0) is 16.0.